The highest BCUT2D eigenvalue weighted by Gasteiger charge is 1.98. The maximum Gasteiger partial charge on any atom is 0.173 e. The van der Waals surface area contributed by atoms with E-state index in [0.717, 1.165) is 11.7 Å². The molecule has 0 unspecified atom stereocenters. The van der Waals surface area contributed by atoms with E-state index in [1.807, 2.05) is 0 Å². The average Bonchev–Trinajstić information content (AvgIpc) is 2.14. The molecule has 1 rings (SSSR count). The number of rotatable bonds is 1. The van der Waals surface area contributed by atoms with Gasteiger partial charge >= 0.3 is 0 Å². The zero-order valence-electron chi connectivity index (χ0n) is 3.87. The second-order valence-electron chi connectivity index (χ2n) is 1.15. The summed E-state index contributed by atoms with van der Waals surface area (Å²) in [4.78, 5) is 9.91. The summed E-state index contributed by atoms with van der Waals surface area (Å²) in [6.45, 7) is 0. The molecule has 0 saturated carbocycles. The third-order valence-electron chi connectivity index (χ3n) is 0.652. The van der Waals surface area contributed by atoms with E-state index in [4.69, 9.17) is 5.73 Å². The Hall–Kier alpha value is -0.970. The van der Waals surface area contributed by atoms with Crippen molar-refractivity contribution in [2.45, 2.75) is 0 Å². The molecular formula is C3H3N3OS. The number of aldehydes is 1. The first kappa shape index (κ1) is 5.17. The zero-order valence-corrected chi connectivity index (χ0v) is 4.68. The first-order chi connectivity index (χ1) is 3.84. The molecule has 0 radical (unpaired) electrons. The summed E-state index contributed by atoms with van der Waals surface area (Å²) in [6, 6.07) is 0. The van der Waals surface area contributed by atoms with Gasteiger partial charge in [0.2, 0.25) is 0 Å². The van der Waals surface area contributed by atoms with Crippen LogP contribution in [-0.2, 0) is 0 Å². The summed E-state index contributed by atoms with van der Waals surface area (Å²) in [7, 11) is 0. The molecule has 0 atom stereocenters. The van der Waals surface area contributed by atoms with Gasteiger partial charge in [0.1, 0.15) is 0 Å². The lowest BCUT2D eigenvalue weighted by Crippen LogP contribution is -1.89. The Morgan fingerprint density at radius 2 is 2.38 bits per heavy atom. The molecule has 0 spiro atoms. The summed E-state index contributed by atoms with van der Waals surface area (Å²) < 4.78 is 7.14. The second kappa shape index (κ2) is 1.87. The van der Waals surface area contributed by atoms with Crippen LogP contribution >= 0.6 is 11.7 Å². The van der Waals surface area contributed by atoms with Crippen molar-refractivity contribution in [2.24, 2.45) is 0 Å². The van der Waals surface area contributed by atoms with Crippen LogP contribution in [0.4, 0.5) is 5.82 Å². The molecule has 42 valence electrons. The van der Waals surface area contributed by atoms with Crippen LogP contribution in [0.25, 0.3) is 0 Å². The molecule has 4 nitrogen and oxygen atoms in total. The lowest BCUT2D eigenvalue weighted by atomic mass is 10.5. The van der Waals surface area contributed by atoms with E-state index < -0.39 is 0 Å². The van der Waals surface area contributed by atoms with Crippen LogP contribution in [0.3, 0.4) is 0 Å². The molecule has 0 saturated heterocycles. The van der Waals surface area contributed by atoms with Crippen molar-refractivity contribution in [3.8, 4) is 0 Å². The van der Waals surface area contributed by atoms with E-state index in [0.29, 0.717) is 6.29 Å². The van der Waals surface area contributed by atoms with Gasteiger partial charge in [0.05, 0.1) is 11.7 Å². The normalized spacial score (nSPS) is 9.00. The van der Waals surface area contributed by atoms with Crippen LogP contribution in [-0.4, -0.2) is 15.0 Å². The van der Waals surface area contributed by atoms with Gasteiger partial charge < -0.3 is 5.73 Å². The van der Waals surface area contributed by atoms with Gasteiger partial charge in [0.25, 0.3) is 0 Å². The monoisotopic (exact) mass is 129 g/mol. The molecule has 5 heteroatoms. The molecule has 0 fully saturated rings. The molecule has 2 N–H and O–H groups in total. The molecule has 0 bridgehead atoms. The number of hydrogen-bond donors (Lipinski definition) is 1. The second-order valence-corrected chi connectivity index (χ2v) is 1.68. The molecule has 1 aromatic heterocycles. The maximum atomic E-state index is 9.91. The minimum Gasteiger partial charge on any atom is -0.381 e. The molecule has 0 amide bonds. The Morgan fingerprint density at radius 1 is 1.62 bits per heavy atom. The molecule has 0 aliphatic rings. The Morgan fingerprint density at radius 3 is 2.62 bits per heavy atom. The Labute approximate surface area is 49.7 Å². The van der Waals surface area contributed by atoms with Gasteiger partial charge in [0, 0.05) is 0 Å². The fourth-order valence-corrected chi connectivity index (χ4v) is 0.731. The largest absolute Gasteiger partial charge is 0.381 e. The zero-order chi connectivity index (χ0) is 5.98. The molecule has 1 heterocycles. The number of carbonyl (C=O) groups excluding carboxylic acids is 1. The summed E-state index contributed by atoms with van der Waals surface area (Å²) in [5.74, 6) is 0.213. The number of nitrogens with two attached hydrogens (primary N) is 1. The molecule has 0 aromatic carbocycles. The average molecular weight is 129 g/mol. The highest BCUT2D eigenvalue weighted by molar-refractivity contribution is 6.99. The van der Waals surface area contributed by atoms with Crippen LogP contribution in [0.1, 0.15) is 10.5 Å². The van der Waals surface area contributed by atoms with Crippen LogP contribution in [0.2, 0.25) is 0 Å². The van der Waals surface area contributed by atoms with Crippen molar-refractivity contribution in [3.05, 3.63) is 5.69 Å². The van der Waals surface area contributed by atoms with Crippen LogP contribution in [0.5, 0.6) is 0 Å². The minimum absolute atomic E-state index is 0.213. The molecule has 0 aliphatic carbocycles. The minimum atomic E-state index is 0.213. The van der Waals surface area contributed by atoms with Gasteiger partial charge in [-0.3, -0.25) is 4.79 Å². The van der Waals surface area contributed by atoms with E-state index >= 15 is 0 Å². The van der Waals surface area contributed by atoms with E-state index in [-0.39, 0.29) is 11.5 Å². The van der Waals surface area contributed by atoms with Crippen LogP contribution in [0, 0.1) is 0 Å². The molecule has 0 aliphatic heterocycles. The fourth-order valence-electron chi connectivity index (χ4n) is 0.284. The molecular weight excluding hydrogens is 126 g/mol. The topological polar surface area (TPSA) is 68.9 Å². The quantitative estimate of drug-likeness (QED) is 0.539. The van der Waals surface area contributed by atoms with E-state index in [9.17, 15) is 4.79 Å². The smallest absolute Gasteiger partial charge is 0.173 e. The summed E-state index contributed by atoms with van der Waals surface area (Å²) in [5, 5.41) is 0. The maximum absolute atomic E-state index is 9.91. The number of carbonyl (C=O) groups is 1. The predicted molar refractivity (Wildman–Crippen MR) is 29.7 cm³/mol. The summed E-state index contributed by atoms with van der Waals surface area (Å²) in [5.41, 5.74) is 5.39. The standard InChI is InChI=1S/C3H3N3OS/c4-3-2(1-7)5-8-6-3/h1H,(H2,4,6). The highest BCUT2D eigenvalue weighted by atomic mass is 32.1. The SMILES string of the molecule is Nc1nsnc1C=O. The third-order valence-corrected chi connectivity index (χ3v) is 1.21. The highest BCUT2D eigenvalue weighted by Crippen LogP contribution is 2.02. The van der Waals surface area contributed by atoms with Crippen molar-refractivity contribution < 1.29 is 4.79 Å². The summed E-state index contributed by atoms with van der Waals surface area (Å²) >= 11 is 0.935. The lowest BCUT2D eigenvalue weighted by molar-refractivity contribution is 0.112. The van der Waals surface area contributed by atoms with Gasteiger partial charge in [-0.15, -0.1) is 0 Å². The van der Waals surface area contributed by atoms with Crippen molar-refractivity contribution in [1.82, 2.24) is 8.75 Å². The molecule has 1 aromatic rings. The van der Waals surface area contributed by atoms with E-state index in [1.54, 1.807) is 0 Å². The van der Waals surface area contributed by atoms with E-state index in [1.165, 1.54) is 0 Å². The van der Waals surface area contributed by atoms with Gasteiger partial charge in [-0.25, -0.2) is 0 Å². The number of hydrogen-bond acceptors (Lipinski definition) is 5. The number of anilines is 1. The Bertz CT molecular complexity index is 196. The Kier molecular flexibility index (Phi) is 1.21. The lowest BCUT2D eigenvalue weighted by Gasteiger charge is -1.75. The molecule has 8 heavy (non-hydrogen) atoms. The van der Waals surface area contributed by atoms with Gasteiger partial charge in [0.15, 0.2) is 17.8 Å². The fraction of sp³-hybridized carbons (Fsp3) is 0. The summed E-state index contributed by atoms with van der Waals surface area (Å²) in [6.07, 6.45) is 0.582. The number of nitrogen functional groups attached to an aromatic ring is 1. The predicted octanol–water partition coefficient (Wildman–Crippen LogP) is -0.0672. The first-order valence-corrected chi connectivity index (χ1v) is 2.61. The number of aromatic nitrogens is 2. The first-order valence-electron chi connectivity index (χ1n) is 1.88. The van der Waals surface area contributed by atoms with Gasteiger partial charge in [-0.1, -0.05) is 0 Å². The van der Waals surface area contributed by atoms with Crippen LogP contribution in [0.15, 0.2) is 0 Å². The Balaban J connectivity index is 3.09. The van der Waals surface area contributed by atoms with Gasteiger partial charge in [-0.2, -0.15) is 8.75 Å². The number of nitrogens with zero attached hydrogens (tertiary/aromatic N) is 2. The van der Waals surface area contributed by atoms with Crippen molar-refractivity contribution in [2.75, 3.05) is 5.73 Å². The van der Waals surface area contributed by atoms with Crippen molar-refractivity contribution in [3.63, 3.8) is 0 Å². The van der Waals surface area contributed by atoms with Crippen molar-refractivity contribution in [1.29, 1.82) is 0 Å². The van der Waals surface area contributed by atoms with Crippen molar-refractivity contribution >= 4 is 23.8 Å². The third kappa shape index (κ3) is 0.671. The van der Waals surface area contributed by atoms with Crippen LogP contribution < -0.4 is 5.73 Å². The van der Waals surface area contributed by atoms with Gasteiger partial charge in [-0.05, 0) is 0 Å². The van der Waals surface area contributed by atoms with E-state index in [2.05, 4.69) is 8.75 Å².